The molecule has 7 rings (SSSR count). The van der Waals surface area contributed by atoms with Gasteiger partial charge in [-0.1, -0.05) is 72.6 Å². The number of piperidine rings is 1. The molecule has 0 saturated carbocycles. The minimum atomic E-state index is -4.41. The molecule has 59 heavy (non-hydrogen) atoms. The Morgan fingerprint density at radius 1 is 0.814 bits per heavy atom. The standard InChI is InChI=1S/C45H49ClN6O5S2/c46-37-17-13-34(14-18-37)42-12-6-5-9-36(42)32-49-27-29-51(30-28-49)38-19-15-35(16-20-38)45(53)48-59(56,57)41-21-22-43(44(31-41)52(54)55)47-24-23-39(50-25-7-2-8-26-50)33-58-40-10-3-1-4-11-40/h1,3-6,9-22,31,39,47H,2,7-8,23-30,32-33H2,(H,48,53). The molecule has 0 aliphatic carbocycles. The van der Waals surface area contributed by atoms with Crippen LogP contribution in [-0.4, -0.2) is 86.7 Å². The lowest BCUT2D eigenvalue weighted by Gasteiger charge is -2.36. The Morgan fingerprint density at radius 2 is 1.51 bits per heavy atom. The van der Waals surface area contributed by atoms with Crippen LogP contribution in [0.5, 0.6) is 0 Å². The fourth-order valence-corrected chi connectivity index (χ4v) is 9.99. The lowest BCUT2D eigenvalue weighted by Crippen LogP contribution is -2.46. The lowest BCUT2D eigenvalue weighted by molar-refractivity contribution is -0.384. The topological polar surface area (TPSA) is 128 Å². The molecule has 11 nitrogen and oxygen atoms in total. The van der Waals surface area contributed by atoms with Gasteiger partial charge >= 0.3 is 0 Å². The van der Waals surface area contributed by atoms with Crippen molar-refractivity contribution in [3.05, 3.63) is 148 Å². The highest BCUT2D eigenvalue weighted by Crippen LogP contribution is 2.30. The van der Waals surface area contributed by atoms with Crippen LogP contribution in [0.4, 0.5) is 17.1 Å². The summed E-state index contributed by atoms with van der Waals surface area (Å²) in [5.41, 5.74) is 4.52. The molecule has 2 fully saturated rings. The van der Waals surface area contributed by atoms with E-state index in [1.807, 2.05) is 60.7 Å². The van der Waals surface area contributed by atoms with Crippen LogP contribution >= 0.6 is 23.4 Å². The zero-order valence-electron chi connectivity index (χ0n) is 32.8. The maximum absolute atomic E-state index is 13.4. The van der Waals surface area contributed by atoms with Crippen molar-refractivity contribution >= 4 is 56.4 Å². The zero-order chi connectivity index (χ0) is 41.2. The molecule has 5 aromatic rings. The van der Waals surface area contributed by atoms with Gasteiger partial charge in [-0.05, 0) is 110 Å². The number of anilines is 2. The second kappa shape index (κ2) is 19.9. The molecule has 14 heteroatoms. The molecule has 2 heterocycles. The smallest absolute Gasteiger partial charge is 0.293 e. The predicted molar refractivity (Wildman–Crippen MR) is 238 cm³/mol. The van der Waals surface area contributed by atoms with Crippen LogP contribution in [-0.2, 0) is 16.6 Å². The van der Waals surface area contributed by atoms with E-state index in [1.54, 1.807) is 23.9 Å². The van der Waals surface area contributed by atoms with E-state index in [9.17, 15) is 23.3 Å². The summed E-state index contributed by atoms with van der Waals surface area (Å²) in [5.74, 6) is 0.0791. The van der Waals surface area contributed by atoms with Gasteiger partial charge in [-0.15, -0.1) is 11.8 Å². The molecule has 308 valence electrons. The number of hydrogen-bond donors (Lipinski definition) is 2. The number of nitrogens with one attached hydrogen (secondary N) is 2. The van der Waals surface area contributed by atoms with E-state index in [2.05, 4.69) is 55.1 Å². The van der Waals surface area contributed by atoms with Gasteiger partial charge in [-0.25, -0.2) is 13.1 Å². The van der Waals surface area contributed by atoms with Crippen molar-refractivity contribution in [1.29, 1.82) is 0 Å². The van der Waals surface area contributed by atoms with Gasteiger partial charge in [-0.3, -0.25) is 24.7 Å². The van der Waals surface area contributed by atoms with Gasteiger partial charge in [0, 0.05) is 78.3 Å². The molecule has 0 aromatic heterocycles. The molecule has 2 aliphatic rings. The number of carbonyl (C=O) groups excluding carboxylic acids is 1. The SMILES string of the molecule is O=C(NS(=O)(=O)c1ccc(NCCC(CSc2ccccc2)N2CCCCC2)c([N+](=O)[O-])c1)c1ccc(N2CCN(Cc3ccccc3-c3ccc(Cl)cc3)CC2)cc1. The van der Waals surface area contributed by atoms with E-state index in [-0.39, 0.29) is 27.9 Å². The van der Waals surface area contributed by atoms with Crippen LogP contribution in [0.25, 0.3) is 11.1 Å². The maximum atomic E-state index is 13.4. The summed E-state index contributed by atoms with van der Waals surface area (Å²) in [6, 6.07) is 37.4. The average Bonchev–Trinajstić information content (AvgIpc) is 3.26. The van der Waals surface area contributed by atoms with Gasteiger partial charge in [-0.2, -0.15) is 0 Å². The Labute approximate surface area is 356 Å². The molecule has 2 saturated heterocycles. The highest BCUT2D eigenvalue weighted by atomic mass is 35.5. The van der Waals surface area contributed by atoms with E-state index < -0.39 is 20.9 Å². The van der Waals surface area contributed by atoms with Crippen molar-refractivity contribution in [1.82, 2.24) is 14.5 Å². The third kappa shape index (κ3) is 11.2. The second-order valence-corrected chi connectivity index (χ2v) is 18.1. The van der Waals surface area contributed by atoms with E-state index in [4.69, 9.17) is 11.6 Å². The molecular weight excluding hydrogens is 804 g/mol. The number of thioether (sulfide) groups is 1. The number of sulfonamides is 1. The maximum Gasteiger partial charge on any atom is 0.293 e. The fourth-order valence-electron chi connectivity index (χ4n) is 7.75. The Balaban J connectivity index is 0.926. The molecule has 1 unspecified atom stereocenters. The van der Waals surface area contributed by atoms with Crippen molar-refractivity contribution in [3.8, 4) is 11.1 Å². The Hall–Kier alpha value is -4.92. The molecule has 0 spiro atoms. The first-order valence-corrected chi connectivity index (χ1v) is 22.9. The number of amides is 1. The molecule has 2 N–H and O–H groups in total. The normalized spacial score (nSPS) is 15.7. The van der Waals surface area contributed by atoms with Crippen LogP contribution in [0.15, 0.2) is 131 Å². The highest BCUT2D eigenvalue weighted by molar-refractivity contribution is 7.99. The number of hydrogen-bond acceptors (Lipinski definition) is 10. The Bertz CT molecular complexity index is 2300. The number of nitro benzene ring substituents is 1. The quantitative estimate of drug-likeness (QED) is 0.0565. The van der Waals surface area contributed by atoms with E-state index in [1.165, 1.54) is 34.6 Å². The fraction of sp³-hybridized carbons (Fsp3) is 0.311. The summed E-state index contributed by atoms with van der Waals surface area (Å²) in [6.07, 6.45) is 4.31. The largest absolute Gasteiger partial charge is 0.379 e. The molecule has 0 radical (unpaired) electrons. The molecule has 1 atom stereocenters. The molecule has 1 amide bonds. The first-order valence-electron chi connectivity index (χ1n) is 20.1. The van der Waals surface area contributed by atoms with E-state index in [0.29, 0.717) is 11.6 Å². The minimum Gasteiger partial charge on any atom is -0.379 e. The number of halogens is 1. The van der Waals surface area contributed by atoms with Crippen molar-refractivity contribution in [2.45, 2.75) is 48.1 Å². The van der Waals surface area contributed by atoms with Gasteiger partial charge in [0.15, 0.2) is 0 Å². The third-order valence-electron chi connectivity index (χ3n) is 11.0. The van der Waals surface area contributed by atoms with Gasteiger partial charge in [0.05, 0.1) is 9.82 Å². The minimum absolute atomic E-state index is 0.163. The van der Waals surface area contributed by atoms with Gasteiger partial charge < -0.3 is 10.2 Å². The van der Waals surface area contributed by atoms with Crippen LogP contribution in [0.2, 0.25) is 5.02 Å². The monoisotopic (exact) mass is 852 g/mol. The number of nitro groups is 1. The number of nitrogens with zero attached hydrogens (tertiary/aromatic N) is 4. The Morgan fingerprint density at radius 3 is 2.22 bits per heavy atom. The number of carbonyl (C=O) groups is 1. The van der Waals surface area contributed by atoms with Crippen molar-refractivity contribution in [2.24, 2.45) is 0 Å². The number of benzene rings is 5. The summed E-state index contributed by atoms with van der Waals surface area (Å²) >= 11 is 7.93. The van der Waals surface area contributed by atoms with Crippen LogP contribution in [0.1, 0.15) is 41.6 Å². The lowest BCUT2D eigenvalue weighted by atomic mass is 9.99. The van der Waals surface area contributed by atoms with Crippen LogP contribution < -0.4 is 14.9 Å². The Kier molecular flexibility index (Phi) is 14.2. The van der Waals surface area contributed by atoms with Crippen molar-refractivity contribution in [2.75, 3.05) is 61.8 Å². The average molecular weight is 854 g/mol. The molecule has 0 bridgehead atoms. The molecular formula is C45H49ClN6O5S2. The number of likely N-dealkylation sites (tertiary alicyclic amines) is 1. The summed E-state index contributed by atoms with van der Waals surface area (Å²) in [6.45, 7) is 6.64. The van der Waals surface area contributed by atoms with Crippen molar-refractivity contribution in [3.63, 3.8) is 0 Å². The summed E-state index contributed by atoms with van der Waals surface area (Å²) in [7, 11) is -4.41. The predicted octanol–water partition coefficient (Wildman–Crippen LogP) is 8.80. The first kappa shape index (κ1) is 42.2. The van der Waals surface area contributed by atoms with Crippen LogP contribution in [0.3, 0.4) is 0 Å². The third-order valence-corrected chi connectivity index (χ3v) is 13.8. The second-order valence-electron chi connectivity index (χ2n) is 14.9. The van der Waals surface area contributed by atoms with Gasteiger partial charge in [0.2, 0.25) is 0 Å². The van der Waals surface area contributed by atoms with Crippen molar-refractivity contribution < 1.29 is 18.1 Å². The highest BCUT2D eigenvalue weighted by Gasteiger charge is 2.26. The number of piperazine rings is 1. The first-order chi connectivity index (χ1) is 28.6. The van der Waals surface area contributed by atoms with E-state index in [0.717, 1.165) is 88.1 Å². The zero-order valence-corrected chi connectivity index (χ0v) is 35.2. The van der Waals surface area contributed by atoms with Gasteiger partial charge in [0.25, 0.3) is 21.6 Å². The van der Waals surface area contributed by atoms with Gasteiger partial charge in [0.1, 0.15) is 5.69 Å². The summed E-state index contributed by atoms with van der Waals surface area (Å²) in [5, 5.41) is 16.1. The van der Waals surface area contributed by atoms with Crippen LogP contribution in [0, 0.1) is 10.1 Å². The molecule has 2 aliphatic heterocycles. The molecule has 5 aromatic carbocycles. The summed E-state index contributed by atoms with van der Waals surface area (Å²) in [4.78, 5) is 32.7. The number of rotatable bonds is 16. The van der Waals surface area contributed by atoms with E-state index >= 15 is 0 Å². The summed E-state index contributed by atoms with van der Waals surface area (Å²) < 4.78 is 28.8.